The van der Waals surface area contributed by atoms with Crippen molar-refractivity contribution in [1.29, 1.82) is 0 Å². The summed E-state index contributed by atoms with van der Waals surface area (Å²) in [5.41, 5.74) is 3.30. The predicted molar refractivity (Wildman–Crippen MR) is 75.8 cm³/mol. The average Bonchev–Trinajstić information content (AvgIpc) is 2.35. The van der Waals surface area contributed by atoms with Crippen LogP contribution in [0, 0.1) is 13.8 Å². The van der Waals surface area contributed by atoms with Crippen molar-refractivity contribution in [3.63, 3.8) is 0 Å². The molecule has 0 fully saturated rings. The van der Waals surface area contributed by atoms with Crippen LogP contribution in [0.15, 0.2) is 36.4 Å². The first kappa shape index (κ1) is 13.1. The summed E-state index contributed by atoms with van der Waals surface area (Å²) in [5, 5.41) is 0.703. The van der Waals surface area contributed by atoms with Crippen LogP contribution in [0.4, 0.5) is 0 Å². The lowest BCUT2D eigenvalue weighted by molar-refractivity contribution is 0.103. The highest BCUT2D eigenvalue weighted by Gasteiger charge is 2.14. The lowest BCUT2D eigenvalue weighted by atomic mass is 9.99. The minimum atomic E-state index is -0.106. The Bertz CT molecular complexity index is 618. The maximum absolute atomic E-state index is 12.3. The lowest BCUT2D eigenvalue weighted by Gasteiger charge is -2.07. The molecule has 0 heterocycles. The number of carbonyl (C=O) groups excluding carboxylic acids is 1. The molecule has 3 heteroatoms. The number of ketones is 1. The van der Waals surface area contributed by atoms with Crippen LogP contribution < -0.4 is 0 Å². The Kier molecular flexibility index (Phi) is 3.74. The molecule has 0 aromatic heterocycles. The standard InChI is InChI=1S/C15H12Cl2O/c1-9-6-7-11(8-10(9)2)15(18)12-4-3-5-13(16)14(12)17/h3-8H,1-2H3. The zero-order valence-corrected chi connectivity index (χ0v) is 11.6. The molecule has 2 aromatic rings. The molecule has 0 aliphatic rings. The summed E-state index contributed by atoms with van der Waals surface area (Å²) < 4.78 is 0. The molecule has 0 N–H and O–H groups in total. The maximum atomic E-state index is 12.3. The quantitative estimate of drug-likeness (QED) is 0.719. The summed E-state index contributed by atoms with van der Waals surface area (Å²) in [4.78, 5) is 12.3. The summed E-state index contributed by atoms with van der Waals surface area (Å²) in [7, 11) is 0. The molecule has 2 rings (SSSR count). The lowest BCUT2D eigenvalue weighted by Crippen LogP contribution is -2.03. The van der Waals surface area contributed by atoms with Crippen molar-refractivity contribution in [3.05, 3.63) is 68.7 Å². The van der Waals surface area contributed by atoms with E-state index in [-0.39, 0.29) is 5.78 Å². The Balaban J connectivity index is 2.48. The van der Waals surface area contributed by atoms with Crippen molar-refractivity contribution < 1.29 is 4.79 Å². The summed E-state index contributed by atoms with van der Waals surface area (Å²) in [6, 6.07) is 10.7. The highest BCUT2D eigenvalue weighted by molar-refractivity contribution is 6.44. The van der Waals surface area contributed by atoms with Gasteiger partial charge in [-0.1, -0.05) is 41.4 Å². The Morgan fingerprint density at radius 1 is 1.00 bits per heavy atom. The van der Waals surface area contributed by atoms with Crippen LogP contribution in [0.1, 0.15) is 27.0 Å². The first-order valence-electron chi connectivity index (χ1n) is 5.56. The predicted octanol–water partition coefficient (Wildman–Crippen LogP) is 4.84. The van der Waals surface area contributed by atoms with Gasteiger partial charge in [-0.25, -0.2) is 0 Å². The number of aryl methyl sites for hydroxylation is 2. The highest BCUT2D eigenvalue weighted by atomic mass is 35.5. The molecule has 0 aliphatic heterocycles. The fraction of sp³-hybridized carbons (Fsp3) is 0.133. The van der Waals surface area contributed by atoms with E-state index in [1.807, 2.05) is 32.0 Å². The van der Waals surface area contributed by atoms with E-state index in [4.69, 9.17) is 23.2 Å². The number of rotatable bonds is 2. The molecule has 0 amide bonds. The molecule has 0 saturated heterocycles. The van der Waals surface area contributed by atoms with E-state index in [2.05, 4.69) is 0 Å². The van der Waals surface area contributed by atoms with Crippen molar-refractivity contribution in [1.82, 2.24) is 0 Å². The molecule has 1 nitrogen and oxygen atoms in total. The van der Waals surface area contributed by atoms with E-state index >= 15 is 0 Å². The van der Waals surface area contributed by atoms with Gasteiger partial charge in [0.05, 0.1) is 10.0 Å². The zero-order chi connectivity index (χ0) is 13.3. The molecule has 92 valence electrons. The Morgan fingerprint density at radius 3 is 2.39 bits per heavy atom. The van der Waals surface area contributed by atoms with Crippen LogP contribution in [0.2, 0.25) is 10.0 Å². The third kappa shape index (κ3) is 2.43. The molecular formula is C15H12Cl2O. The Hall–Kier alpha value is -1.31. The summed E-state index contributed by atoms with van der Waals surface area (Å²) in [6.45, 7) is 3.99. The molecule has 2 aromatic carbocycles. The van der Waals surface area contributed by atoms with Gasteiger partial charge in [0, 0.05) is 11.1 Å². The van der Waals surface area contributed by atoms with Crippen molar-refractivity contribution in [3.8, 4) is 0 Å². The van der Waals surface area contributed by atoms with Crippen molar-refractivity contribution in [2.75, 3.05) is 0 Å². The van der Waals surface area contributed by atoms with Crippen LogP contribution >= 0.6 is 23.2 Å². The third-order valence-corrected chi connectivity index (χ3v) is 3.78. The van der Waals surface area contributed by atoms with Gasteiger partial charge in [-0.3, -0.25) is 4.79 Å². The van der Waals surface area contributed by atoms with Gasteiger partial charge in [0.15, 0.2) is 5.78 Å². The monoisotopic (exact) mass is 278 g/mol. The first-order chi connectivity index (χ1) is 8.50. The van der Waals surface area contributed by atoms with E-state index < -0.39 is 0 Å². The number of hydrogen-bond acceptors (Lipinski definition) is 1. The van der Waals surface area contributed by atoms with E-state index in [1.165, 1.54) is 0 Å². The van der Waals surface area contributed by atoms with E-state index in [1.54, 1.807) is 18.2 Å². The van der Waals surface area contributed by atoms with Gasteiger partial charge in [0.25, 0.3) is 0 Å². The molecule has 0 radical (unpaired) electrons. The van der Waals surface area contributed by atoms with Gasteiger partial charge < -0.3 is 0 Å². The normalized spacial score (nSPS) is 10.4. The molecule has 18 heavy (non-hydrogen) atoms. The number of benzene rings is 2. The summed E-state index contributed by atoms with van der Waals surface area (Å²) >= 11 is 12.0. The molecular weight excluding hydrogens is 267 g/mol. The number of hydrogen-bond donors (Lipinski definition) is 0. The number of halogens is 2. The van der Waals surface area contributed by atoms with Crippen molar-refractivity contribution in [2.24, 2.45) is 0 Å². The van der Waals surface area contributed by atoms with Gasteiger partial charge in [0.2, 0.25) is 0 Å². The largest absolute Gasteiger partial charge is 0.289 e. The minimum Gasteiger partial charge on any atom is -0.289 e. The smallest absolute Gasteiger partial charge is 0.194 e. The summed E-state index contributed by atoms with van der Waals surface area (Å²) in [5.74, 6) is -0.106. The molecule has 0 aliphatic carbocycles. The van der Waals surface area contributed by atoms with Gasteiger partial charge in [0.1, 0.15) is 0 Å². The fourth-order valence-electron chi connectivity index (χ4n) is 1.72. The third-order valence-electron chi connectivity index (χ3n) is 2.97. The Morgan fingerprint density at radius 2 is 1.72 bits per heavy atom. The first-order valence-corrected chi connectivity index (χ1v) is 6.32. The van der Waals surface area contributed by atoms with Crippen LogP contribution in [0.3, 0.4) is 0 Å². The highest BCUT2D eigenvalue weighted by Crippen LogP contribution is 2.27. The molecule has 0 unspecified atom stereocenters. The second-order valence-corrected chi connectivity index (χ2v) is 5.01. The van der Waals surface area contributed by atoms with E-state index in [0.717, 1.165) is 11.1 Å². The van der Waals surface area contributed by atoms with Crippen molar-refractivity contribution in [2.45, 2.75) is 13.8 Å². The second-order valence-electron chi connectivity index (χ2n) is 4.23. The van der Waals surface area contributed by atoms with Gasteiger partial charge >= 0.3 is 0 Å². The van der Waals surface area contributed by atoms with Crippen LogP contribution in [-0.2, 0) is 0 Å². The van der Waals surface area contributed by atoms with E-state index in [9.17, 15) is 4.79 Å². The van der Waals surface area contributed by atoms with Gasteiger partial charge in [-0.15, -0.1) is 0 Å². The molecule has 0 saturated carbocycles. The summed E-state index contributed by atoms with van der Waals surface area (Å²) in [6.07, 6.45) is 0. The Labute approximate surface area is 116 Å². The van der Waals surface area contributed by atoms with Crippen molar-refractivity contribution >= 4 is 29.0 Å². The SMILES string of the molecule is Cc1ccc(C(=O)c2cccc(Cl)c2Cl)cc1C. The topological polar surface area (TPSA) is 17.1 Å². The molecule has 0 atom stereocenters. The minimum absolute atomic E-state index is 0.106. The average molecular weight is 279 g/mol. The fourth-order valence-corrected chi connectivity index (χ4v) is 2.10. The zero-order valence-electron chi connectivity index (χ0n) is 10.1. The van der Waals surface area contributed by atoms with Gasteiger partial charge in [-0.05, 0) is 43.2 Å². The maximum Gasteiger partial charge on any atom is 0.194 e. The van der Waals surface area contributed by atoms with Crippen LogP contribution in [0.5, 0.6) is 0 Å². The van der Waals surface area contributed by atoms with Gasteiger partial charge in [-0.2, -0.15) is 0 Å². The molecule has 0 bridgehead atoms. The number of carbonyl (C=O) groups is 1. The van der Waals surface area contributed by atoms with Crippen LogP contribution in [-0.4, -0.2) is 5.78 Å². The van der Waals surface area contributed by atoms with Crippen LogP contribution in [0.25, 0.3) is 0 Å². The molecule has 0 spiro atoms. The second kappa shape index (κ2) is 5.13. The van der Waals surface area contributed by atoms with E-state index in [0.29, 0.717) is 21.2 Å².